The maximum Gasteiger partial charge on any atom is 0.269 e. The number of carbonyl (C=O) groups is 1. The summed E-state index contributed by atoms with van der Waals surface area (Å²) in [6, 6.07) is 0. The molecule has 1 fully saturated rings. The van der Waals surface area contributed by atoms with E-state index < -0.39 is 10.0 Å². The topological polar surface area (TPSA) is 113 Å². The van der Waals surface area contributed by atoms with Gasteiger partial charge < -0.3 is 10.6 Å². The predicted octanol–water partition coefficient (Wildman–Crippen LogP) is 0.165. The number of piperidine rings is 1. The highest BCUT2D eigenvalue weighted by Gasteiger charge is 2.30. The lowest BCUT2D eigenvalue weighted by Crippen LogP contribution is -2.45. The average Bonchev–Trinajstić information content (AvgIpc) is 2.86. The molecule has 0 bridgehead atoms. The molecule has 1 saturated heterocycles. The van der Waals surface area contributed by atoms with E-state index in [-0.39, 0.29) is 20.8 Å². The molecule has 1 amide bonds. The maximum absolute atomic E-state index is 12.2. The van der Waals surface area contributed by atoms with Crippen molar-refractivity contribution in [2.24, 2.45) is 5.41 Å². The second-order valence-corrected chi connectivity index (χ2v) is 8.39. The molecular formula is C11H19N5O3S2. The van der Waals surface area contributed by atoms with Crippen LogP contribution < -0.4 is 15.4 Å². The lowest BCUT2D eigenvalue weighted by Gasteiger charge is -2.33. The lowest BCUT2D eigenvalue weighted by atomic mass is 9.83. The molecule has 0 aliphatic carbocycles. The van der Waals surface area contributed by atoms with Crippen molar-refractivity contribution >= 4 is 32.4 Å². The zero-order valence-corrected chi connectivity index (χ0v) is 13.6. The SMILES string of the molecule is CC(=O)Nc1nnc(S(=O)(=O)NCC2(C)CCCNC2)s1. The summed E-state index contributed by atoms with van der Waals surface area (Å²) in [4.78, 5) is 10.9. The molecule has 10 heteroatoms. The molecule has 0 radical (unpaired) electrons. The summed E-state index contributed by atoms with van der Waals surface area (Å²) in [6.45, 7) is 5.47. The Morgan fingerprint density at radius 3 is 2.86 bits per heavy atom. The molecule has 8 nitrogen and oxygen atoms in total. The zero-order valence-electron chi connectivity index (χ0n) is 12.0. The highest BCUT2D eigenvalue weighted by atomic mass is 32.2. The summed E-state index contributed by atoms with van der Waals surface area (Å²) >= 11 is 0.833. The van der Waals surface area contributed by atoms with Gasteiger partial charge in [0.1, 0.15) is 0 Å². The van der Waals surface area contributed by atoms with Crippen LogP contribution in [0.1, 0.15) is 26.7 Å². The number of rotatable bonds is 5. The second kappa shape index (κ2) is 6.34. The first-order valence-electron chi connectivity index (χ1n) is 6.62. The third kappa shape index (κ3) is 4.43. The van der Waals surface area contributed by atoms with Crippen LogP contribution in [0.15, 0.2) is 4.34 Å². The first kappa shape index (κ1) is 16.3. The predicted molar refractivity (Wildman–Crippen MR) is 79.6 cm³/mol. The molecule has 1 aromatic heterocycles. The maximum atomic E-state index is 12.2. The van der Waals surface area contributed by atoms with Crippen molar-refractivity contribution in [2.75, 3.05) is 25.0 Å². The molecule has 0 spiro atoms. The lowest BCUT2D eigenvalue weighted by molar-refractivity contribution is -0.114. The minimum atomic E-state index is -3.70. The number of amides is 1. The highest BCUT2D eigenvalue weighted by Crippen LogP contribution is 2.26. The number of nitrogens with zero attached hydrogens (tertiary/aromatic N) is 2. The Morgan fingerprint density at radius 2 is 2.24 bits per heavy atom. The van der Waals surface area contributed by atoms with Crippen molar-refractivity contribution in [3.63, 3.8) is 0 Å². The van der Waals surface area contributed by atoms with E-state index in [4.69, 9.17) is 0 Å². The quantitative estimate of drug-likeness (QED) is 0.662. The van der Waals surface area contributed by atoms with E-state index in [1.54, 1.807) is 0 Å². The largest absolute Gasteiger partial charge is 0.316 e. The second-order valence-electron chi connectivity index (χ2n) is 5.47. The van der Waals surface area contributed by atoms with E-state index in [9.17, 15) is 13.2 Å². The number of hydrogen-bond acceptors (Lipinski definition) is 7. The van der Waals surface area contributed by atoms with E-state index in [1.165, 1.54) is 6.92 Å². The average molecular weight is 333 g/mol. The summed E-state index contributed by atoms with van der Waals surface area (Å²) in [5.41, 5.74) is -0.101. The summed E-state index contributed by atoms with van der Waals surface area (Å²) in [7, 11) is -3.70. The molecule has 1 unspecified atom stereocenters. The smallest absolute Gasteiger partial charge is 0.269 e. The minimum absolute atomic E-state index is 0.101. The van der Waals surface area contributed by atoms with Crippen LogP contribution in [0.4, 0.5) is 5.13 Å². The Balaban J connectivity index is 2.01. The van der Waals surface area contributed by atoms with Gasteiger partial charge in [0.2, 0.25) is 15.4 Å². The molecule has 118 valence electrons. The Kier molecular flexibility index (Phi) is 4.91. The van der Waals surface area contributed by atoms with E-state index in [0.29, 0.717) is 6.54 Å². The molecule has 1 aliphatic rings. The fourth-order valence-corrected chi connectivity index (χ4v) is 4.31. The van der Waals surface area contributed by atoms with Crippen LogP contribution in [-0.2, 0) is 14.8 Å². The number of anilines is 1. The monoisotopic (exact) mass is 333 g/mol. The van der Waals surface area contributed by atoms with Gasteiger partial charge in [0.05, 0.1) is 0 Å². The van der Waals surface area contributed by atoms with Gasteiger partial charge in [-0.05, 0) is 24.8 Å². The standard InChI is InChI=1S/C11H19N5O3S2/c1-8(17)14-9-15-16-10(20-9)21(18,19)13-7-11(2)4-3-5-12-6-11/h12-13H,3-7H2,1-2H3,(H,14,15,17). The van der Waals surface area contributed by atoms with Crippen LogP contribution in [0.3, 0.4) is 0 Å². The van der Waals surface area contributed by atoms with Gasteiger partial charge in [-0.2, -0.15) is 0 Å². The summed E-state index contributed by atoms with van der Waals surface area (Å²) < 4.78 is 26.8. The third-order valence-corrected chi connectivity index (χ3v) is 5.90. The van der Waals surface area contributed by atoms with Crippen molar-refractivity contribution in [3.05, 3.63) is 0 Å². The Morgan fingerprint density at radius 1 is 1.48 bits per heavy atom. The molecule has 1 atom stereocenters. The molecule has 0 saturated carbocycles. The minimum Gasteiger partial charge on any atom is -0.316 e. The Bertz CT molecular complexity index is 607. The van der Waals surface area contributed by atoms with Crippen molar-refractivity contribution < 1.29 is 13.2 Å². The number of hydrogen-bond donors (Lipinski definition) is 3. The first-order valence-corrected chi connectivity index (χ1v) is 8.92. The zero-order chi connectivity index (χ0) is 15.5. The molecule has 3 N–H and O–H groups in total. The van der Waals surface area contributed by atoms with Crippen LogP contribution >= 0.6 is 11.3 Å². The van der Waals surface area contributed by atoms with Gasteiger partial charge in [-0.15, -0.1) is 10.2 Å². The number of sulfonamides is 1. The summed E-state index contributed by atoms with van der Waals surface area (Å²) in [5, 5.41) is 13.1. The van der Waals surface area contributed by atoms with E-state index >= 15 is 0 Å². The third-order valence-electron chi connectivity index (χ3n) is 3.29. The van der Waals surface area contributed by atoms with Gasteiger partial charge in [-0.25, -0.2) is 13.1 Å². The van der Waals surface area contributed by atoms with Crippen molar-refractivity contribution in [2.45, 2.75) is 31.0 Å². The van der Waals surface area contributed by atoms with Crippen molar-refractivity contribution in [1.29, 1.82) is 0 Å². The molecule has 21 heavy (non-hydrogen) atoms. The van der Waals surface area contributed by atoms with Crippen LogP contribution in [0.2, 0.25) is 0 Å². The molecule has 1 aliphatic heterocycles. The van der Waals surface area contributed by atoms with Gasteiger partial charge in [0.15, 0.2) is 0 Å². The van der Waals surface area contributed by atoms with Gasteiger partial charge in [-0.1, -0.05) is 18.3 Å². The summed E-state index contributed by atoms with van der Waals surface area (Å²) in [6.07, 6.45) is 2.00. The van der Waals surface area contributed by atoms with Crippen molar-refractivity contribution in [3.8, 4) is 0 Å². The van der Waals surface area contributed by atoms with E-state index in [1.807, 2.05) is 6.92 Å². The highest BCUT2D eigenvalue weighted by molar-refractivity contribution is 7.91. The normalized spacial score (nSPS) is 23.0. The summed E-state index contributed by atoms with van der Waals surface area (Å²) in [5.74, 6) is -0.316. The van der Waals surface area contributed by atoms with Gasteiger partial charge in [-0.3, -0.25) is 4.79 Å². The van der Waals surface area contributed by atoms with Crippen LogP contribution in [0, 0.1) is 5.41 Å². The number of carbonyl (C=O) groups excluding carboxylic acids is 1. The Hall–Kier alpha value is -1.10. The van der Waals surface area contributed by atoms with Crippen LogP contribution in [-0.4, -0.2) is 44.2 Å². The molecule has 0 aromatic carbocycles. The first-order chi connectivity index (χ1) is 9.81. The molecule has 2 heterocycles. The fraction of sp³-hybridized carbons (Fsp3) is 0.727. The van der Waals surface area contributed by atoms with Crippen molar-refractivity contribution in [1.82, 2.24) is 20.2 Å². The number of aromatic nitrogens is 2. The van der Waals surface area contributed by atoms with Crippen LogP contribution in [0.25, 0.3) is 0 Å². The van der Waals surface area contributed by atoms with Gasteiger partial charge in [0, 0.05) is 20.0 Å². The molecule has 1 aromatic rings. The molecular weight excluding hydrogens is 314 g/mol. The van der Waals surface area contributed by atoms with E-state index in [0.717, 1.165) is 37.3 Å². The van der Waals surface area contributed by atoms with Gasteiger partial charge in [0.25, 0.3) is 10.0 Å². The molecule has 2 rings (SSSR count). The van der Waals surface area contributed by atoms with E-state index in [2.05, 4.69) is 25.6 Å². The number of nitrogens with one attached hydrogen (secondary N) is 3. The van der Waals surface area contributed by atoms with Gasteiger partial charge >= 0.3 is 0 Å². The Labute approximate surface area is 127 Å². The fourth-order valence-electron chi connectivity index (χ4n) is 2.12. The van der Waals surface area contributed by atoms with Crippen LogP contribution in [0.5, 0.6) is 0 Å².